The summed E-state index contributed by atoms with van der Waals surface area (Å²) in [6.07, 6.45) is 6.16. The third kappa shape index (κ3) is 2.18. The molecule has 3 rings (SSSR count). The molecular weight excluding hydrogens is 252 g/mol. The van der Waals surface area contributed by atoms with E-state index in [0.717, 1.165) is 29.9 Å². The summed E-state index contributed by atoms with van der Waals surface area (Å²) in [5.41, 5.74) is 0.712. The van der Waals surface area contributed by atoms with Crippen LogP contribution in [0.2, 0.25) is 0 Å². The lowest BCUT2D eigenvalue weighted by atomic mass is 9.69. The van der Waals surface area contributed by atoms with Gasteiger partial charge in [0.1, 0.15) is 17.1 Å². The Labute approximate surface area is 120 Å². The van der Waals surface area contributed by atoms with Gasteiger partial charge in [-0.1, -0.05) is 13.3 Å². The topological polar surface area (TPSA) is 38.7 Å². The fraction of sp³-hybridized carbons (Fsp3) is 0.647. The lowest BCUT2D eigenvalue weighted by molar-refractivity contribution is -0.0782. The Hall–Kier alpha value is -1.22. The van der Waals surface area contributed by atoms with Crippen molar-refractivity contribution < 1.29 is 14.6 Å². The lowest BCUT2D eigenvalue weighted by Crippen LogP contribution is -2.49. The van der Waals surface area contributed by atoms with Gasteiger partial charge in [-0.05, 0) is 49.8 Å². The number of fused-ring (bicyclic) bond motifs is 1. The maximum Gasteiger partial charge on any atom is 0.126 e. The van der Waals surface area contributed by atoms with Gasteiger partial charge in [-0.2, -0.15) is 0 Å². The first-order valence-electron chi connectivity index (χ1n) is 7.73. The van der Waals surface area contributed by atoms with Crippen molar-refractivity contribution in [2.24, 2.45) is 5.92 Å². The zero-order chi connectivity index (χ0) is 14.2. The Morgan fingerprint density at radius 1 is 1.40 bits per heavy atom. The Kier molecular flexibility index (Phi) is 3.63. The Balaban J connectivity index is 1.95. The molecule has 1 saturated carbocycles. The summed E-state index contributed by atoms with van der Waals surface area (Å²) >= 11 is 0. The van der Waals surface area contributed by atoms with Crippen LogP contribution >= 0.6 is 0 Å². The summed E-state index contributed by atoms with van der Waals surface area (Å²) in [5.74, 6) is 2.17. The highest BCUT2D eigenvalue weighted by Gasteiger charge is 2.46. The predicted octanol–water partition coefficient (Wildman–Crippen LogP) is 3.85. The van der Waals surface area contributed by atoms with Crippen molar-refractivity contribution >= 4 is 0 Å². The first-order valence-corrected chi connectivity index (χ1v) is 7.73. The van der Waals surface area contributed by atoms with Gasteiger partial charge in [-0.15, -0.1) is 0 Å². The van der Waals surface area contributed by atoms with E-state index < -0.39 is 6.10 Å². The zero-order valence-electron chi connectivity index (χ0n) is 12.4. The van der Waals surface area contributed by atoms with Gasteiger partial charge in [-0.3, -0.25) is 0 Å². The van der Waals surface area contributed by atoms with Crippen LogP contribution in [0, 0.1) is 5.92 Å². The standard InChI is InChI=1S/C17H24O3/c1-3-12-6-4-5-9-17(12)11-15(18)14-10-13(19-2)7-8-16(14)20-17/h7-8,10,12,15,18H,3-6,9,11H2,1-2H3/t12?,15-,17?/m1/s1. The summed E-state index contributed by atoms with van der Waals surface area (Å²) in [6.45, 7) is 2.23. The van der Waals surface area contributed by atoms with Crippen LogP contribution in [0.3, 0.4) is 0 Å². The van der Waals surface area contributed by atoms with E-state index in [2.05, 4.69) is 6.92 Å². The van der Waals surface area contributed by atoms with Crippen LogP contribution in [0.15, 0.2) is 18.2 Å². The molecule has 1 spiro atoms. The van der Waals surface area contributed by atoms with Crippen LogP contribution in [0.1, 0.15) is 57.1 Å². The van der Waals surface area contributed by atoms with E-state index in [-0.39, 0.29) is 5.60 Å². The molecule has 0 aromatic heterocycles. The molecule has 20 heavy (non-hydrogen) atoms. The van der Waals surface area contributed by atoms with Crippen molar-refractivity contribution in [2.45, 2.75) is 57.2 Å². The third-order valence-corrected chi connectivity index (χ3v) is 5.07. The van der Waals surface area contributed by atoms with Gasteiger partial charge in [0.2, 0.25) is 0 Å². The molecule has 0 amide bonds. The molecule has 1 heterocycles. The molecule has 1 aromatic carbocycles. The van der Waals surface area contributed by atoms with Crippen molar-refractivity contribution in [1.29, 1.82) is 0 Å². The molecule has 0 bridgehead atoms. The highest BCUT2D eigenvalue weighted by atomic mass is 16.5. The predicted molar refractivity (Wildman–Crippen MR) is 78.2 cm³/mol. The Morgan fingerprint density at radius 2 is 2.25 bits per heavy atom. The van der Waals surface area contributed by atoms with Crippen LogP contribution in [-0.4, -0.2) is 17.8 Å². The molecule has 1 aliphatic heterocycles. The molecule has 0 radical (unpaired) electrons. The number of hydrogen-bond donors (Lipinski definition) is 1. The van der Waals surface area contributed by atoms with Gasteiger partial charge in [0, 0.05) is 12.0 Å². The number of ether oxygens (including phenoxy) is 2. The average molecular weight is 276 g/mol. The molecule has 1 fully saturated rings. The molecule has 3 nitrogen and oxygen atoms in total. The highest BCUT2D eigenvalue weighted by Crippen LogP contribution is 2.50. The largest absolute Gasteiger partial charge is 0.497 e. The molecule has 2 aliphatic rings. The fourth-order valence-corrected chi connectivity index (χ4v) is 3.97. The first-order chi connectivity index (χ1) is 9.68. The number of aliphatic hydroxyl groups excluding tert-OH is 1. The quantitative estimate of drug-likeness (QED) is 0.891. The fourth-order valence-electron chi connectivity index (χ4n) is 3.97. The molecule has 1 N–H and O–H groups in total. The Morgan fingerprint density at radius 3 is 3.00 bits per heavy atom. The van der Waals surface area contributed by atoms with E-state index in [0.29, 0.717) is 12.3 Å². The van der Waals surface area contributed by atoms with E-state index in [1.54, 1.807) is 7.11 Å². The van der Waals surface area contributed by atoms with Crippen molar-refractivity contribution in [3.05, 3.63) is 23.8 Å². The molecule has 1 aliphatic carbocycles. The van der Waals surface area contributed by atoms with E-state index in [1.807, 2.05) is 18.2 Å². The minimum Gasteiger partial charge on any atom is -0.497 e. The zero-order valence-corrected chi connectivity index (χ0v) is 12.4. The van der Waals surface area contributed by atoms with Gasteiger partial charge in [0.15, 0.2) is 0 Å². The second-order valence-electron chi connectivity index (χ2n) is 6.14. The minimum absolute atomic E-state index is 0.159. The molecule has 3 heteroatoms. The van der Waals surface area contributed by atoms with Crippen LogP contribution in [-0.2, 0) is 0 Å². The highest BCUT2D eigenvalue weighted by molar-refractivity contribution is 5.43. The van der Waals surface area contributed by atoms with Gasteiger partial charge >= 0.3 is 0 Å². The molecule has 1 aromatic rings. The molecule has 0 saturated heterocycles. The van der Waals surface area contributed by atoms with Crippen LogP contribution in [0.25, 0.3) is 0 Å². The normalized spacial score (nSPS) is 32.5. The average Bonchev–Trinajstić information content (AvgIpc) is 2.47. The van der Waals surface area contributed by atoms with Gasteiger partial charge < -0.3 is 14.6 Å². The second kappa shape index (κ2) is 5.28. The van der Waals surface area contributed by atoms with E-state index in [1.165, 1.54) is 19.3 Å². The molecular formula is C17H24O3. The maximum atomic E-state index is 10.6. The summed E-state index contributed by atoms with van der Waals surface area (Å²) in [7, 11) is 1.65. The number of rotatable bonds is 2. The Bertz CT molecular complexity index is 485. The summed E-state index contributed by atoms with van der Waals surface area (Å²) < 4.78 is 11.7. The van der Waals surface area contributed by atoms with Crippen LogP contribution in [0.5, 0.6) is 11.5 Å². The van der Waals surface area contributed by atoms with Crippen molar-refractivity contribution in [2.75, 3.05) is 7.11 Å². The van der Waals surface area contributed by atoms with Crippen molar-refractivity contribution in [3.8, 4) is 11.5 Å². The van der Waals surface area contributed by atoms with Crippen molar-refractivity contribution in [3.63, 3.8) is 0 Å². The van der Waals surface area contributed by atoms with Crippen molar-refractivity contribution in [1.82, 2.24) is 0 Å². The van der Waals surface area contributed by atoms with Gasteiger partial charge in [0.25, 0.3) is 0 Å². The summed E-state index contributed by atoms with van der Waals surface area (Å²) in [6, 6.07) is 5.75. The van der Waals surface area contributed by atoms with E-state index >= 15 is 0 Å². The monoisotopic (exact) mass is 276 g/mol. The summed E-state index contributed by atoms with van der Waals surface area (Å²) in [5, 5.41) is 10.6. The van der Waals surface area contributed by atoms with E-state index in [4.69, 9.17) is 9.47 Å². The van der Waals surface area contributed by atoms with Gasteiger partial charge in [-0.25, -0.2) is 0 Å². The number of aliphatic hydroxyl groups is 1. The number of benzene rings is 1. The minimum atomic E-state index is -0.444. The third-order valence-electron chi connectivity index (χ3n) is 5.07. The van der Waals surface area contributed by atoms with E-state index in [9.17, 15) is 5.11 Å². The number of methoxy groups -OCH3 is 1. The molecule has 2 unspecified atom stereocenters. The van der Waals surface area contributed by atoms with Crippen LogP contribution < -0.4 is 9.47 Å². The second-order valence-corrected chi connectivity index (χ2v) is 6.14. The first kappa shape index (κ1) is 13.7. The number of hydrogen-bond acceptors (Lipinski definition) is 3. The SMILES string of the molecule is CCC1CCCCC12C[C@@H](O)c1cc(OC)ccc1O2. The maximum absolute atomic E-state index is 10.6. The molecule has 3 atom stereocenters. The van der Waals surface area contributed by atoms with Crippen LogP contribution in [0.4, 0.5) is 0 Å². The lowest BCUT2D eigenvalue weighted by Gasteiger charge is -2.48. The summed E-state index contributed by atoms with van der Waals surface area (Å²) in [4.78, 5) is 0. The van der Waals surface area contributed by atoms with Gasteiger partial charge in [0.05, 0.1) is 13.2 Å². The molecule has 110 valence electrons. The smallest absolute Gasteiger partial charge is 0.126 e.